The van der Waals surface area contributed by atoms with Crippen LogP contribution in [0.1, 0.15) is 11.3 Å². The van der Waals surface area contributed by atoms with Gasteiger partial charge in [0.15, 0.2) is 10.6 Å². The Balaban J connectivity index is 2.17. The molecule has 1 heterocycles. The molecule has 0 bridgehead atoms. The lowest BCUT2D eigenvalue weighted by Crippen LogP contribution is -2.07. The van der Waals surface area contributed by atoms with Crippen LogP contribution in [0.3, 0.4) is 0 Å². The molecule has 2 aromatic carbocycles. The first kappa shape index (κ1) is 17.6. The number of alkyl halides is 3. The van der Waals surface area contributed by atoms with E-state index in [9.17, 15) is 17.7 Å². The van der Waals surface area contributed by atoms with E-state index in [1.165, 1.54) is 0 Å². The molecule has 0 spiro atoms. The van der Waals surface area contributed by atoms with E-state index in [4.69, 9.17) is 0 Å². The van der Waals surface area contributed by atoms with Crippen LogP contribution in [0.25, 0.3) is 22.4 Å². The molecule has 1 unspecified atom stereocenters. The van der Waals surface area contributed by atoms with Crippen molar-refractivity contribution in [1.82, 2.24) is 10.2 Å². The number of halogens is 3. The SMILES string of the molecule is Cc1ccc(-c2c(C(F)(F)F)n[nH]c2-c2ccc([S+](C)[O-])cc2)cc1. The summed E-state index contributed by atoms with van der Waals surface area (Å²) >= 11 is -1.15. The molecule has 1 N–H and O–H groups in total. The number of aromatic amines is 1. The molecular weight excluding hydrogens is 349 g/mol. The summed E-state index contributed by atoms with van der Waals surface area (Å²) < 4.78 is 51.7. The van der Waals surface area contributed by atoms with E-state index in [1.807, 2.05) is 6.92 Å². The summed E-state index contributed by atoms with van der Waals surface area (Å²) in [4.78, 5) is 0.608. The van der Waals surface area contributed by atoms with Crippen molar-refractivity contribution in [3.05, 3.63) is 59.8 Å². The Morgan fingerprint density at radius 2 is 1.52 bits per heavy atom. The minimum atomic E-state index is -4.57. The summed E-state index contributed by atoms with van der Waals surface area (Å²) in [6.45, 7) is 1.87. The Morgan fingerprint density at radius 3 is 2.04 bits per heavy atom. The molecule has 0 saturated carbocycles. The Morgan fingerprint density at radius 1 is 0.960 bits per heavy atom. The number of aromatic nitrogens is 2. The first-order valence-corrected chi connectivity index (χ1v) is 8.99. The molecule has 0 aliphatic rings. The van der Waals surface area contributed by atoms with Gasteiger partial charge < -0.3 is 4.55 Å². The minimum Gasteiger partial charge on any atom is -0.612 e. The molecule has 7 heteroatoms. The molecule has 0 aliphatic carbocycles. The average molecular weight is 364 g/mol. The van der Waals surface area contributed by atoms with Crippen molar-refractivity contribution in [1.29, 1.82) is 0 Å². The van der Waals surface area contributed by atoms with E-state index >= 15 is 0 Å². The van der Waals surface area contributed by atoms with Gasteiger partial charge in [0, 0.05) is 11.1 Å². The van der Waals surface area contributed by atoms with Gasteiger partial charge in [-0.05, 0) is 47.9 Å². The molecule has 3 nitrogen and oxygen atoms in total. The first-order chi connectivity index (χ1) is 11.8. The highest BCUT2D eigenvalue weighted by Gasteiger charge is 2.38. The quantitative estimate of drug-likeness (QED) is 0.678. The highest BCUT2D eigenvalue weighted by Crippen LogP contribution is 2.41. The zero-order valence-corrected chi connectivity index (χ0v) is 14.3. The van der Waals surface area contributed by atoms with Crippen molar-refractivity contribution in [2.24, 2.45) is 0 Å². The third kappa shape index (κ3) is 3.57. The van der Waals surface area contributed by atoms with E-state index in [0.717, 1.165) is 5.56 Å². The van der Waals surface area contributed by atoms with Gasteiger partial charge in [-0.1, -0.05) is 29.8 Å². The Labute approximate surface area is 146 Å². The van der Waals surface area contributed by atoms with Gasteiger partial charge in [0.25, 0.3) is 0 Å². The van der Waals surface area contributed by atoms with Crippen molar-refractivity contribution in [2.45, 2.75) is 18.0 Å². The molecular formula is C18H15F3N2OS. The molecule has 0 fully saturated rings. The summed E-state index contributed by atoms with van der Waals surface area (Å²) in [5, 5.41) is 6.02. The Kier molecular flexibility index (Phi) is 4.62. The van der Waals surface area contributed by atoms with Gasteiger partial charge >= 0.3 is 6.18 Å². The van der Waals surface area contributed by atoms with Gasteiger partial charge in [-0.25, -0.2) is 0 Å². The van der Waals surface area contributed by atoms with E-state index in [2.05, 4.69) is 10.2 Å². The predicted octanol–water partition coefficient (Wildman–Crippen LogP) is 4.81. The number of hydrogen-bond donors (Lipinski definition) is 1. The third-order valence-corrected chi connectivity index (χ3v) is 4.79. The fourth-order valence-electron chi connectivity index (χ4n) is 2.57. The molecule has 25 heavy (non-hydrogen) atoms. The standard InChI is InChI=1S/C18H15F3N2OS/c1-11-3-5-12(6-4-11)15-16(22-23-17(15)18(19,20)21)13-7-9-14(10-8-13)25(2)24/h3-10H,1-2H3,(H,22,23). The van der Waals surface area contributed by atoms with Crippen molar-refractivity contribution in [2.75, 3.05) is 6.26 Å². The number of aryl methyl sites for hydroxylation is 1. The van der Waals surface area contributed by atoms with Crippen molar-refractivity contribution < 1.29 is 17.7 Å². The Hall–Kier alpha value is -2.25. The summed E-state index contributed by atoms with van der Waals surface area (Å²) in [7, 11) is 0. The van der Waals surface area contributed by atoms with Crippen LogP contribution in [0.15, 0.2) is 53.4 Å². The number of nitrogens with zero attached hydrogens (tertiary/aromatic N) is 1. The van der Waals surface area contributed by atoms with Crippen LogP contribution in [0.4, 0.5) is 13.2 Å². The van der Waals surface area contributed by atoms with E-state index < -0.39 is 23.0 Å². The van der Waals surface area contributed by atoms with Crippen LogP contribution in [-0.4, -0.2) is 21.0 Å². The summed E-state index contributed by atoms with van der Waals surface area (Å²) in [6, 6.07) is 13.4. The van der Waals surface area contributed by atoms with Crippen LogP contribution < -0.4 is 0 Å². The second kappa shape index (κ2) is 6.57. The molecule has 0 radical (unpaired) electrons. The maximum Gasteiger partial charge on any atom is 0.435 e. The second-order valence-electron chi connectivity index (χ2n) is 5.66. The molecule has 1 atom stereocenters. The van der Waals surface area contributed by atoms with Crippen molar-refractivity contribution in [3.8, 4) is 22.4 Å². The van der Waals surface area contributed by atoms with Gasteiger partial charge in [-0.3, -0.25) is 5.10 Å². The van der Waals surface area contributed by atoms with Gasteiger partial charge in [0.2, 0.25) is 0 Å². The van der Waals surface area contributed by atoms with E-state index in [0.29, 0.717) is 16.0 Å². The normalized spacial score (nSPS) is 13.0. The number of nitrogens with one attached hydrogen (secondary N) is 1. The maximum atomic E-state index is 13.4. The lowest BCUT2D eigenvalue weighted by Gasteiger charge is -2.10. The van der Waals surface area contributed by atoms with Crippen LogP contribution in [0.2, 0.25) is 0 Å². The average Bonchev–Trinajstić information content (AvgIpc) is 3.01. The zero-order valence-electron chi connectivity index (χ0n) is 13.5. The lowest BCUT2D eigenvalue weighted by atomic mass is 9.98. The smallest absolute Gasteiger partial charge is 0.435 e. The first-order valence-electron chi connectivity index (χ1n) is 7.44. The monoisotopic (exact) mass is 364 g/mol. The van der Waals surface area contributed by atoms with Crippen molar-refractivity contribution in [3.63, 3.8) is 0 Å². The molecule has 3 rings (SSSR count). The van der Waals surface area contributed by atoms with Crippen LogP contribution in [0.5, 0.6) is 0 Å². The van der Waals surface area contributed by atoms with E-state index in [-0.39, 0.29) is 11.3 Å². The fourth-order valence-corrected chi connectivity index (χ4v) is 3.09. The number of H-pyrrole nitrogens is 1. The van der Waals surface area contributed by atoms with Crippen molar-refractivity contribution >= 4 is 11.2 Å². The van der Waals surface area contributed by atoms with Crippen LogP contribution in [0, 0.1) is 6.92 Å². The number of rotatable bonds is 3. The largest absolute Gasteiger partial charge is 0.612 e. The number of benzene rings is 2. The van der Waals surface area contributed by atoms with Gasteiger partial charge in [0.05, 0.1) is 5.69 Å². The molecule has 130 valence electrons. The zero-order chi connectivity index (χ0) is 18.2. The summed E-state index contributed by atoms with van der Waals surface area (Å²) in [5.74, 6) is 0. The van der Waals surface area contributed by atoms with Gasteiger partial charge in [-0.2, -0.15) is 18.3 Å². The maximum absolute atomic E-state index is 13.4. The molecule has 1 aromatic heterocycles. The Bertz CT molecular complexity index is 869. The fraction of sp³-hybridized carbons (Fsp3) is 0.167. The summed E-state index contributed by atoms with van der Waals surface area (Å²) in [5.41, 5.74) is 1.28. The topological polar surface area (TPSA) is 51.7 Å². The minimum absolute atomic E-state index is 0.0119. The molecule has 0 amide bonds. The molecule has 0 aliphatic heterocycles. The molecule has 3 aromatic rings. The predicted molar refractivity (Wildman–Crippen MR) is 91.5 cm³/mol. The lowest BCUT2D eigenvalue weighted by molar-refractivity contribution is -0.140. The second-order valence-corrected chi connectivity index (χ2v) is 7.04. The number of hydrogen-bond acceptors (Lipinski definition) is 2. The van der Waals surface area contributed by atoms with Gasteiger partial charge in [0.1, 0.15) is 6.26 Å². The van der Waals surface area contributed by atoms with Gasteiger partial charge in [-0.15, -0.1) is 0 Å². The summed E-state index contributed by atoms with van der Waals surface area (Å²) in [6.07, 6.45) is -3.02. The van der Waals surface area contributed by atoms with Crippen LogP contribution in [-0.2, 0) is 17.4 Å². The molecule has 0 saturated heterocycles. The van der Waals surface area contributed by atoms with Crippen LogP contribution >= 0.6 is 0 Å². The highest BCUT2D eigenvalue weighted by atomic mass is 32.2. The highest BCUT2D eigenvalue weighted by molar-refractivity contribution is 7.90. The van der Waals surface area contributed by atoms with E-state index in [1.54, 1.807) is 54.8 Å². The third-order valence-electron chi connectivity index (χ3n) is 3.85.